The molecule has 1 aliphatic heterocycles. The van der Waals surface area contributed by atoms with Crippen LogP contribution in [0.2, 0.25) is 0 Å². The van der Waals surface area contributed by atoms with E-state index < -0.39 is 10.0 Å². The van der Waals surface area contributed by atoms with Crippen LogP contribution in [0.15, 0.2) is 60.7 Å². The van der Waals surface area contributed by atoms with Crippen molar-refractivity contribution in [2.45, 2.75) is 25.8 Å². The van der Waals surface area contributed by atoms with Crippen LogP contribution in [0.5, 0.6) is 0 Å². The predicted octanol–water partition coefficient (Wildman–Crippen LogP) is 3.30. The van der Waals surface area contributed by atoms with Gasteiger partial charge in [0, 0.05) is 30.8 Å². The highest BCUT2D eigenvalue weighted by molar-refractivity contribution is 7.89. The maximum atomic E-state index is 12.4. The number of hydrogen-bond donors (Lipinski definition) is 1. The van der Waals surface area contributed by atoms with E-state index in [1.807, 2.05) is 36.4 Å². The average Bonchev–Trinajstić information content (AvgIpc) is 3.13. The van der Waals surface area contributed by atoms with Crippen molar-refractivity contribution in [3.63, 3.8) is 0 Å². The highest BCUT2D eigenvalue weighted by Gasteiger charge is 2.32. The van der Waals surface area contributed by atoms with Crippen molar-refractivity contribution in [2.24, 2.45) is 0 Å². The number of benzene rings is 2. The zero-order chi connectivity index (χ0) is 18.9. The fourth-order valence-corrected chi connectivity index (χ4v) is 4.81. The predicted molar refractivity (Wildman–Crippen MR) is 106 cm³/mol. The Bertz CT molecular complexity index is 975. The van der Waals surface area contributed by atoms with Crippen molar-refractivity contribution >= 4 is 10.0 Å². The lowest BCUT2D eigenvalue weighted by molar-refractivity contribution is 0.389. The molecule has 3 aromatic rings. The number of sulfonamides is 1. The van der Waals surface area contributed by atoms with E-state index in [0.717, 1.165) is 28.1 Å². The van der Waals surface area contributed by atoms with Gasteiger partial charge in [-0.25, -0.2) is 8.42 Å². The van der Waals surface area contributed by atoms with Crippen LogP contribution in [0.1, 0.15) is 40.9 Å². The number of nitrogens with one attached hydrogen (secondary N) is 1. The molecule has 1 N–H and O–H groups in total. The van der Waals surface area contributed by atoms with Crippen LogP contribution in [0.25, 0.3) is 0 Å². The molecule has 1 aromatic heterocycles. The Labute approximate surface area is 160 Å². The minimum atomic E-state index is -3.22. The monoisotopic (exact) mass is 381 g/mol. The van der Waals surface area contributed by atoms with Crippen molar-refractivity contribution < 1.29 is 8.42 Å². The fraction of sp³-hybridized carbons (Fsp3) is 0.286. The van der Waals surface area contributed by atoms with Gasteiger partial charge < -0.3 is 0 Å². The highest BCUT2D eigenvalue weighted by Crippen LogP contribution is 2.35. The maximum absolute atomic E-state index is 12.4. The second-order valence-electron chi connectivity index (χ2n) is 6.80. The van der Waals surface area contributed by atoms with E-state index in [1.165, 1.54) is 0 Å². The number of nitrogens with zero attached hydrogens (tertiary/aromatic N) is 2. The Balaban J connectivity index is 1.81. The summed E-state index contributed by atoms with van der Waals surface area (Å²) in [6.45, 7) is 2.58. The first-order valence-electron chi connectivity index (χ1n) is 9.24. The molecule has 0 aliphatic carbocycles. The van der Waals surface area contributed by atoms with E-state index in [4.69, 9.17) is 0 Å². The van der Waals surface area contributed by atoms with Gasteiger partial charge in [0.1, 0.15) is 0 Å². The number of H-pyrrole nitrogens is 1. The van der Waals surface area contributed by atoms with E-state index in [-0.39, 0.29) is 11.7 Å². The smallest absolute Gasteiger partial charge is 0.214 e. The number of fused-ring (bicyclic) bond motifs is 1. The summed E-state index contributed by atoms with van der Waals surface area (Å²) in [6, 6.07) is 20.5. The summed E-state index contributed by atoms with van der Waals surface area (Å²) in [5, 5.41) is 7.81. The quantitative estimate of drug-likeness (QED) is 0.737. The third-order valence-corrected chi connectivity index (χ3v) is 7.06. The fourth-order valence-electron chi connectivity index (χ4n) is 3.75. The lowest BCUT2D eigenvalue weighted by Gasteiger charge is -2.27. The molecular weight excluding hydrogens is 358 g/mol. The molecule has 4 rings (SSSR count). The minimum absolute atomic E-state index is 0.0309. The van der Waals surface area contributed by atoms with Crippen LogP contribution in [-0.2, 0) is 23.0 Å². The molecule has 0 atom stereocenters. The second kappa shape index (κ2) is 7.29. The summed E-state index contributed by atoms with van der Waals surface area (Å²) in [4.78, 5) is 0. The zero-order valence-corrected chi connectivity index (χ0v) is 16.1. The van der Waals surface area contributed by atoms with Gasteiger partial charge in [-0.1, -0.05) is 60.7 Å². The van der Waals surface area contributed by atoms with Gasteiger partial charge in [0.25, 0.3) is 0 Å². The molecule has 0 saturated heterocycles. The summed E-state index contributed by atoms with van der Waals surface area (Å²) in [5.41, 5.74) is 5.26. The summed E-state index contributed by atoms with van der Waals surface area (Å²) in [6.07, 6.45) is 0.665. The van der Waals surface area contributed by atoms with Crippen LogP contribution in [0.3, 0.4) is 0 Å². The second-order valence-corrected chi connectivity index (χ2v) is 9.06. The van der Waals surface area contributed by atoms with E-state index in [2.05, 4.69) is 34.5 Å². The Morgan fingerprint density at radius 1 is 1.04 bits per heavy atom. The number of hydrogen-bond acceptors (Lipinski definition) is 3. The number of rotatable bonds is 5. The molecule has 0 radical (unpaired) electrons. The van der Waals surface area contributed by atoms with E-state index in [0.29, 0.717) is 19.5 Å². The average molecular weight is 382 g/mol. The topological polar surface area (TPSA) is 66.1 Å². The number of aromatic amines is 1. The molecule has 140 valence electrons. The summed E-state index contributed by atoms with van der Waals surface area (Å²) >= 11 is 0. The molecule has 2 heterocycles. The summed E-state index contributed by atoms with van der Waals surface area (Å²) in [5.74, 6) is 0.0905. The number of aromatic nitrogens is 2. The van der Waals surface area contributed by atoms with E-state index in [1.54, 1.807) is 11.2 Å². The van der Waals surface area contributed by atoms with Crippen molar-refractivity contribution in [3.05, 3.63) is 88.7 Å². The summed E-state index contributed by atoms with van der Waals surface area (Å²) in [7, 11) is -3.22. The molecule has 0 bridgehead atoms. The molecule has 6 heteroatoms. The lowest BCUT2D eigenvalue weighted by atomic mass is 9.86. The Hall–Kier alpha value is -2.44. The standard InChI is InChI=1S/C21H23N3O2S/c1-2-27(25,26)24-14-13-19-18(15-24)21(23-22-19)20(16-9-5-3-6-10-16)17-11-7-4-8-12-17/h3-12,20H,2,13-15H2,1H3,(H,22,23). The van der Waals surface area contributed by atoms with Crippen molar-refractivity contribution in [1.82, 2.24) is 14.5 Å². The Kier molecular flexibility index (Phi) is 4.85. The first-order valence-corrected chi connectivity index (χ1v) is 10.8. The van der Waals surface area contributed by atoms with Gasteiger partial charge in [-0.05, 0) is 18.1 Å². The largest absolute Gasteiger partial charge is 0.282 e. The third kappa shape index (κ3) is 3.42. The molecular formula is C21H23N3O2S. The molecule has 5 nitrogen and oxygen atoms in total. The molecule has 2 aromatic carbocycles. The van der Waals surface area contributed by atoms with Crippen LogP contribution in [0.4, 0.5) is 0 Å². The third-order valence-electron chi connectivity index (χ3n) is 5.23. The molecule has 0 spiro atoms. The molecule has 0 fully saturated rings. The molecule has 0 saturated carbocycles. The maximum Gasteiger partial charge on any atom is 0.214 e. The SMILES string of the molecule is CCS(=O)(=O)N1CCc2[nH]nc(C(c3ccccc3)c3ccccc3)c2C1. The van der Waals surface area contributed by atoms with Crippen molar-refractivity contribution in [1.29, 1.82) is 0 Å². The molecule has 27 heavy (non-hydrogen) atoms. The lowest BCUT2D eigenvalue weighted by Crippen LogP contribution is -2.37. The van der Waals surface area contributed by atoms with Crippen LogP contribution < -0.4 is 0 Å². The summed E-state index contributed by atoms with van der Waals surface area (Å²) < 4.78 is 26.4. The van der Waals surface area contributed by atoms with Crippen LogP contribution in [0, 0.1) is 0 Å². The highest BCUT2D eigenvalue weighted by atomic mass is 32.2. The van der Waals surface area contributed by atoms with Gasteiger partial charge in [-0.3, -0.25) is 5.10 Å². The first-order chi connectivity index (χ1) is 13.1. The Morgan fingerprint density at radius 2 is 1.63 bits per heavy atom. The minimum Gasteiger partial charge on any atom is -0.282 e. The van der Waals surface area contributed by atoms with Gasteiger partial charge >= 0.3 is 0 Å². The van der Waals surface area contributed by atoms with Gasteiger partial charge in [0.2, 0.25) is 10.0 Å². The molecule has 1 aliphatic rings. The molecule has 0 amide bonds. The molecule has 0 unspecified atom stereocenters. The van der Waals surface area contributed by atoms with Crippen LogP contribution >= 0.6 is 0 Å². The zero-order valence-electron chi connectivity index (χ0n) is 15.3. The van der Waals surface area contributed by atoms with Gasteiger partial charge in [-0.15, -0.1) is 0 Å². The van der Waals surface area contributed by atoms with Crippen LogP contribution in [-0.4, -0.2) is 35.2 Å². The van der Waals surface area contributed by atoms with E-state index in [9.17, 15) is 8.42 Å². The van der Waals surface area contributed by atoms with Crippen molar-refractivity contribution in [2.75, 3.05) is 12.3 Å². The van der Waals surface area contributed by atoms with Gasteiger partial charge in [0.05, 0.1) is 17.4 Å². The van der Waals surface area contributed by atoms with Gasteiger partial charge in [-0.2, -0.15) is 9.40 Å². The Morgan fingerprint density at radius 3 is 2.19 bits per heavy atom. The van der Waals surface area contributed by atoms with E-state index >= 15 is 0 Å². The van der Waals surface area contributed by atoms with Gasteiger partial charge in [0.15, 0.2) is 0 Å². The normalized spacial score (nSPS) is 15.0. The van der Waals surface area contributed by atoms with Crippen molar-refractivity contribution in [3.8, 4) is 0 Å². The first kappa shape index (κ1) is 17.9.